The van der Waals surface area contributed by atoms with E-state index in [9.17, 15) is 9.90 Å². The van der Waals surface area contributed by atoms with Crippen molar-refractivity contribution >= 4 is 11.7 Å². The highest BCUT2D eigenvalue weighted by molar-refractivity contribution is 5.90. The number of carbonyl (C=O) groups is 1. The number of rotatable bonds is 2. The molecule has 1 aliphatic rings. The van der Waals surface area contributed by atoms with Crippen molar-refractivity contribution in [2.75, 3.05) is 11.9 Å². The van der Waals surface area contributed by atoms with Gasteiger partial charge in [0.05, 0.1) is 11.6 Å². The van der Waals surface area contributed by atoms with Crippen molar-refractivity contribution in [1.82, 2.24) is 9.88 Å². The highest BCUT2D eigenvalue weighted by Crippen LogP contribution is 2.27. The topological polar surface area (TPSA) is 65.5 Å². The van der Waals surface area contributed by atoms with Gasteiger partial charge in [0, 0.05) is 24.6 Å². The van der Waals surface area contributed by atoms with Crippen LogP contribution in [0.25, 0.3) is 0 Å². The third-order valence-corrected chi connectivity index (χ3v) is 3.59. The molecular weight excluding hydrogens is 242 g/mol. The summed E-state index contributed by atoms with van der Waals surface area (Å²) >= 11 is 0. The van der Waals surface area contributed by atoms with Crippen molar-refractivity contribution in [2.24, 2.45) is 0 Å². The van der Waals surface area contributed by atoms with Gasteiger partial charge in [-0.25, -0.2) is 4.79 Å². The SMILES string of the molecule is Cc1cnccc1NC(=O)N1CCCC1C(C)(C)O. The Kier molecular flexibility index (Phi) is 3.75. The minimum Gasteiger partial charge on any atom is -0.388 e. The summed E-state index contributed by atoms with van der Waals surface area (Å²) in [6.45, 7) is 6.09. The Morgan fingerprint density at radius 2 is 2.32 bits per heavy atom. The van der Waals surface area contributed by atoms with E-state index in [4.69, 9.17) is 0 Å². The summed E-state index contributed by atoms with van der Waals surface area (Å²) in [5.41, 5.74) is 0.817. The van der Waals surface area contributed by atoms with Crippen LogP contribution in [0.5, 0.6) is 0 Å². The van der Waals surface area contributed by atoms with E-state index in [2.05, 4.69) is 10.3 Å². The lowest BCUT2D eigenvalue weighted by Gasteiger charge is -2.33. The monoisotopic (exact) mass is 263 g/mol. The number of amides is 2. The molecule has 19 heavy (non-hydrogen) atoms. The molecule has 1 atom stereocenters. The summed E-state index contributed by atoms with van der Waals surface area (Å²) in [5.74, 6) is 0. The zero-order chi connectivity index (χ0) is 14.0. The molecule has 5 heteroatoms. The lowest BCUT2D eigenvalue weighted by atomic mass is 9.97. The number of aryl methyl sites for hydroxylation is 1. The molecule has 0 bridgehead atoms. The van der Waals surface area contributed by atoms with E-state index < -0.39 is 5.60 Å². The van der Waals surface area contributed by atoms with E-state index in [1.54, 1.807) is 37.2 Å². The van der Waals surface area contributed by atoms with E-state index in [1.165, 1.54) is 0 Å². The van der Waals surface area contributed by atoms with Gasteiger partial charge in [-0.15, -0.1) is 0 Å². The lowest BCUT2D eigenvalue weighted by molar-refractivity contribution is 0.0117. The smallest absolute Gasteiger partial charge is 0.322 e. The Balaban J connectivity index is 2.10. The van der Waals surface area contributed by atoms with Crippen molar-refractivity contribution < 1.29 is 9.90 Å². The van der Waals surface area contributed by atoms with Gasteiger partial charge in [-0.05, 0) is 45.2 Å². The molecule has 0 saturated carbocycles. The molecular formula is C14H21N3O2. The molecule has 0 aliphatic carbocycles. The van der Waals surface area contributed by atoms with Gasteiger partial charge in [-0.1, -0.05) is 0 Å². The van der Waals surface area contributed by atoms with Crippen LogP contribution < -0.4 is 5.32 Å². The quantitative estimate of drug-likeness (QED) is 0.859. The molecule has 1 unspecified atom stereocenters. The average Bonchev–Trinajstić information content (AvgIpc) is 2.81. The minimum atomic E-state index is -0.874. The molecule has 104 valence electrons. The Morgan fingerprint density at radius 3 is 2.95 bits per heavy atom. The van der Waals surface area contributed by atoms with Crippen LogP contribution in [0, 0.1) is 6.92 Å². The number of aliphatic hydroxyl groups is 1. The van der Waals surface area contributed by atoms with E-state index in [1.807, 2.05) is 6.92 Å². The van der Waals surface area contributed by atoms with Crippen LogP contribution >= 0.6 is 0 Å². The Bertz CT molecular complexity index is 468. The second-order valence-electron chi connectivity index (χ2n) is 5.63. The molecule has 1 aromatic heterocycles. The molecule has 2 N–H and O–H groups in total. The first-order chi connectivity index (χ1) is 8.89. The van der Waals surface area contributed by atoms with Gasteiger partial charge < -0.3 is 15.3 Å². The van der Waals surface area contributed by atoms with Crippen LogP contribution in [-0.4, -0.2) is 39.2 Å². The second kappa shape index (κ2) is 5.17. The van der Waals surface area contributed by atoms with Gasteiger partial charge in [0.2, 0.25) is 0 Å². The number of nitrogens with one attached hydrogen (secondary N) is 1. The van der Waals surface area contributed by atoms with Crippen LogP contribution in [0.1, 0.15) is 32.3 Å². The summed E-state index contributed by atoms with van der Waals surface area (Å²) in [4.78, 5) is 18.0. The van der Waals surface area contributed by atoms with Gasteiger partial charge in [0.1, 0.15) is 0 Å². The Hall–Kier alpha value is -1.62. The number of anilines is 1. The third kappa shape index (κ3) is 3.04. The molecule has 1 saturated heterocycles. The zero-order valence-corrected chi connectivity index (χ0v) is 11.7. The largest absolute Gasteiger partial charge is 0.388 e. The van der Waals surface area contributed by atoms with Crippen molar-refractivity contribution in [3.8, 4) is 0 Å². The molecule has 0 radical (unpaired) electrons. The van der Waals surface area contributed by atoms with Crippen LogP contribution in [-0.2, 0) is 0 Å². The van der Waals surface area contributed by atoms with Gasteiger partial charge in [-0.2, -0.15) is 0 Å². The molecule has 1 fully saturated rings. The molecule has 2 amide bonds. The number of urea groups is 1. The number of carbonyl (C=O) groups excluding carboxylic acids is 1. The number of hydrogen-bond acceptors (Lipinski definition) is 3. The van der Waals surface area contributed by atoms with E-state index in [0.29, 0.717) is 6.54 Å². The number of aromatic nitrogens is 1. The molecule has 1 aromatic rings. The van der Waals surface area contributed by atoms with Gasteiger partial charge >= 0.3 is 6.03 Å². The lowest BCUT2D eigenvalue weighted by Crippen LogP contribution is -2.49. The fraction of sp³-hybridized carbons (Fsp3) is 0.571. The van der Waals surface area contributed by atoms with Crippen molar-refractivity contribution in [2.45, 2.75) is 45.3 Å². The first kappa shape index (κ1) is 13.8. The summed E-state index contributed by atoms with van der Waals surface area (Å²) in [6, 6.07) is 1.50. The fourth-order valence-electron chi connectivity index (χ4n) is 2.54. The van der Waals surface area contributed by atoms with E-state index in [0.717, 1.165) is 24.1 Å². The van der Waals surface area contributed by atoms with Crippen LogP contribution in [0.3, 0.4) is 0 Å². The van der Waals surface area contributed by atoms with Gasteiger partial charge in [0.25, 0.3) is 0 Å². The van der Waals surface area contributed by atoms with Gasteiger partial charge in [0.15, 0.2) is 0 Å². The maximum absolute atomic E-state index is 12.3. The number of likely N-dealkylation sites (tertiary alicyclic amines) is 1. The van der Waals surface area contributed by atoms with Crippen LogP contribution in [0.15, 0.2) is 18.5 Å². The van der Waals surface area contributed by atoms with Crippen molar-refractivity contribution in [1.29, 1.82) is 0 Å². The molecule has 5 nitrogen and oxygen atoms in total. The molecule has 2 rings (SSSR count). The van der Waals surface area contributed by atoms with E-state index in [-0.39, 0.29) is 12.1 Å². The van der Waals surface area contributed by atoms with Crippen LogP contribution in [0.4, 0.5) is 10.5 Å². The van der Waals surface area contributed by atoms with Crippen LogP contribution in [0.2, 0.25) is 0 Å². The molecule has 0 aromatic carbocycles. The number of pyridine rings is 1. The standard InChI is InChI=1S/C14H21N3O2/c1-10-9-15-7-6-11(10)16-13(18)17-8-4-5-12(17)14(2,3)19/h6-7,9,12,19H,4-5,8H2,1-3H3,(H,15,16,18). The van der Waals surface area contributed by atoms with Crippen molar-refractivity contribution in [3.63, 3.8) is 0 Å². The highest BCUT2D eigenvalue weighted by Gasteiger charge is 2.38. The fourth-order valence-corrected chi connectivity index (χ4v) is 2.54. The average molecular weight is 263 g/mol. The van der Waals surface area contributed by atoms with Crippen molar-refractivity contribution in [3.05, 3.63) is 24.0 Å². The molecule has 1 aliphatic heterocycles. The minimum absolute atomic E-state index is 0.130. The Labute approximate surface area is 113 Å². The third-order valence-electron chi connectivity index (χ3n) is 3.59. The molecule has 0 spiro atoms. The summed E-state index contributed by atoms with van der Waals surface area (Å²) in [6.07, 6.45) is 5.14. The van der Waals surface area contributed by atoms with Gasteiger partial charge in [-0.3, -0.25) is 4.98 Å². The maximum Gasteiger partial charge on any atom is 0.322 e. The second-order valence-corrected chi connectivity index (χ2v) is 5.63. The summed E-state index contributed by atoms with van der Waals surface area (Å²) in [5, 5.41) is 13.0. The van der Waals surface area contributed by atoms with E-state index >= 15 is 0 Å². The Morgan fingerprint density at radius 1 is 1.58 bits per heavy atom. The summed E-state index contributed by atoms with van der Waals surface area (Å²) < 4.78 is 0. The first-order valence-corrected chi connectivity index (χ1v) is 6.60. The number of hydrogen-bond donors (Lipinski definition) is 2. The molecule has 2 heterocycles. The highest BCUT2D eigenvalue weighted by atomic mass is 16.3. The number of nitrogens with zero attached hydrogens (tertiary/aromatic N) is 2. The predicted molar refractivity (Wildman–Crippen MR) is 74.0 cm³/mol. The maximum atomic E-state index is 12.3. The summed E-state index contributed by atoms with van der Waals surface area (Å²) in [7, 11) is 0. The predicted octanol–water partition coefficient (Wildman–Crippen LogP) is 2.16. The first-order valence-electron chi connectivity index (χ1n) is 6.60. The normalized spacial score (nSPS) is 19.6. The zero-order valence-electron chi connectivity index (χ0n) is 11.7.